The van der Waals surface area contributed by atoms with Gasteiger partial charge in [0.1, 0.15) is 0 Å². The Labute approximate surface area is 146 Å². The molecule has 3 aromatic carbocycles. The third-order valence-electron chi connectivity index (χ3n) is 4.56. The second-order valence-electron chi connectivity index (χ2n) is 5.94. The zero-order chi connectivity index (χ0) is 17.4. The van der Waals surface area contributed by atoms with E-state index in [0.717, 1.165) is 17.1 Å². The van der Waals surface area contributed by atoms with Crippen LogP contribution in [-0.2, 0) is 5.41 Å². The molecule has 0 saturated heterocycles. The average molecular weight is 322 g/mol. The molecule has 4 nitrogen and oxygen atoms in total. The summed E-state index contributed by atoms with van der Waals surface area (Å²) in [5.74, 6) is 0. The number of nitriles is 2. The standard InChI is InChI=1S/C21H14N4/c22-13-21(14-23)17-8-1-3-10-19(17)25(16-7-5-6-15(24)12-16)20-11-4-2-9-18(20)21/h1-12H,24H2. The van der Waals surface area contributed by atoms with E-state index in [2.05, 4.69) is 12.1 Å². The smallest absolute Gasteiger partial charge is 0.197 e. The lowest BCUT2D eigenvalue weighted by Crippen LogP contribution is -2.33. The summed E-state index contributed by atoms with van der Waals surface area (Å²) in [5, 5.41) is 19.8. The van der Waals surface area contributed by atoms with Crippen LogP contribution in [0.25, 0.3) is 0 Å². The molecule has 0 spiro atoms. The predicted molar refractivity (Wildman–Crippen MR) is 97.5 cm³/mol. The monoisotopic (exact) mass is 322 g/mol. The van der Waals surface area contributed by atoms with Crippen molar-refractivity contribution in [3.8, 4) is 12.1 Å². The van der Waals surface area contributed by atoms with Gasteiger partial charge in [-0.3, -0.25) is 0 Å². The molecule has 0 atom stereocenters. The number of nitrogens with zero attached hydrogens (tertiary/aromatic N) is 3. The second-order valence-corrected chi connectivity index (χ2v) is 5.94. The third kappa shape index (κ3) is 1.99. The largest absolute Gasteiger partial charge is 0.399 e. The van der Waals surface area contributed by atoms with Crippen molar-refractivity contribution in [3.05, 3.63) is 83.9 Å². The van der Waals surface area contributed by atoms with E-state index in [1.165, 1.54) is 0 Å². The second kappa shape index (κ2) is 5.40. The summed E-state index contributed by atoms with van der Waals surface area (Å²) < 4.78 is 0. The highest BCUT2D eigenvalue weighted by Gasteiger charge is 2.44. The number of nitrogen functional groups attached to an aromatic ring is 1. The van der Waals surface area contributed by atoms with Gasteiger partial charge < -0.3 is 10.6 Å². The summed E-state index contributed by atoms with van der Waals surface area (Å²) in [4.78, 5) is 2.05. The topological polar surface area (TPSA) is 76.8 Å². The summed E-state index contributed by atoms with van der Waals surface area (Å²) in [6.07, 6.45) is 0. The van der Waals surface area contributed by atoms with Gasteiger partial charge in [-0.05, 0) is 30.3 Å². The van der Waals surface area contributed by atoms with Gasteiger partial charge >= 0.3 is 0 Å². The Balaban J connectivity index is 2.10. The predicted octanol–water partition coefficient (Wildman–Crippen LogP) is 4.39. The van der Waals surface area contributed by atoms with Crippen molar-refractivity contribution in [2.45, 2.75) is 5.41 Å². The lowest BCUT2D eigenvalue weighted by atomic mass is 9.72. The minimum absolute atomic E-state index is 0.657. The highest BCUT2D eigenvalue weighted by Crippen LogP contribution is 2.51. The van der Waals surface area contributed by atoms with Crippen molar-refractivity contribution >= 4 is 22.7 Å². The van der Waals surface area contributed by atoms with E-state index in [9.17, 15) is 10.5 Å². The molecule has 0 fully saturated rings. The number of benzene rings is 3. The zero-order valence-corrected chi connectivity index (χ0v) is 13.3. The fraction of sp³-hybridized carbons (Fsp3) is 0.0476. The number of fused-ring (bicyclic) bond motifs is 2. The Kier molecular flexibility index (Phi) is 3.20. The van der Waals surface area contributed by atoms with Crippen molar-refractivity contribution in [3.63, 3.8) is 0 Å². The summed E-state index contributed by atoms with van der Waals surface area (Å²) in [6, 6.07) is 27.2. The molecule has 4 heteroatoms. The van der Waals surface area contributed by atoms with Crippen LogP contribution in [0.1, 0.15) is 11.1 Å². The first kappa shape index (κ1) is 14.8. The van der Waals surface area contributed by atoms with Crippen molar-refractivity contribution in [1.82, 2.24) is 0 Å². The van der Waals surface area contributed by atoms with Crippen molar-refractivity contribution in [2.24, 2.45) is 0 Å². The molecule has 4 rings (SSSR count). The van der Waals surface area contributed by atoms with Gasteiger partial charge in [0.25, 0.3) is 0 Å². The number of anilines is 4. The van der Waals surface area contributed by atoms with Crippen molar-refractivity contribution in [2.75, 3.05) is 10.6 Å². The molecule has 1 aliphatic heterocycles. The fourth-order valence-electron chi connectivity index (χ4n) is 3.45. The van der Waals surface area contributed by atoms with Gasteiger partial charge in [-0.25, -0.2) is 0 Å². The van der Waals surface area contributed by atoms with Gasteiger partial charge in [-0.1, -0.05) is 42.5 Å². The highest BCUT2D eigenvalue weighted by atomic mass is 15.2. The van der Waals surface area contributed by atoms with Crippen LogP contribution in [0.4, 0.5) is 22.7 Å². The fourth-order valence-corrected chi connectivity index (χ4v) is 3.45. The first-order chi connectivity index (χ1) is 12.2. The van der Waals surface area contributed by atoms with Gasteiger partial charge in [0.05, 0.1) is 23.5 Å². The van der Waals surface area contributed by atoms with Gasteiger partial charge in [0.15, 0.2) is 5.41 Å². The first-order valence-corrected chi connectivity index (χ1v) is 7.88. The summed E-state index contributed by atoms with van der Waals surface area (Å²) >= 11 is 0. The molecule has 0 saturated carbocycles. The van der Waals surface area contributed by atoms with Gasteiger partial charge in [-0.2, -0.15) is 10.5 Å². The Morgan fingerprint density at radius 3 is 1.84 bits per heavy atom. The number of rotatable bonds is 1. The van der Waals surface area contributed by atoms with E-state index < -0.39 is 5.41 Å². The van der Waals surface area contributed by atoms with Crippen molar-refractivity contribution in [1.29, 1.82) is 10.5 Å². The van der Waals surface area contributed by atoms with Crippen LogP contribution in [0.2, 0.25) is 0 Å². The van der Waals surface area contributed by atoms with Crippen LogP contribution in [0.3, 0.4) is 0 Å². The van der Waals surface area contributed by atoms with E-state index in [1.54, 1.807) is 0 Å². The molecule has 2 N–H and O–H groups in total. The molecule has 1 heterocycles. The van der Waals surface area contributed by atoms with E-state index in [-0.39, 0.29) is 0 Å². The Hall–Kier alpha value is -3.76. The van der Waals surface area contributed by atoms with Crippen molar-refractivity contribution < 1.29 is 0 Å². The molecule has 1 aliphatic rings. The molecule has 118 valence electrons. The molecule has 0 aromatic heterocycles. The molecular formula is C21H14N4. The van der Waals surface area contributed by atoms with Crippen LogP contribution in [0.15, 0.2) is 72.8 Å². The lowest BCUT2D eigenvalue weighted by Gasteiger charge is -2.38. The lowest BCUT2D eigenvalue weighted by molar-refractivity contribution is 0.826. The van der Waals surface area contributed by atoms with Crippen LogP contribution in [-0.4, -0.2) is 0 Å². The van der Waals surface area contributed by atoms with E-state index in [1.807, 2.05) is 77.7 Å². The van der Waals surface area contributed by atoms with Gasteiger partial charge in [0.2, 0.25) is 0 Å². The third-order valence-corrected chi connectivity index (χ3v) is 4.56. The summed E-state index contributed by atoms with van der Waals surface area (Å²) in [6.45, 7) is 0. The molecule has 3 aromatic rings. The minimum atomic E-state index is -1.33. The maximum absolute atomic E-state index is 9.92. The van der Waals surface area contributed by atoms with Crippen LogP contribution in [0.5, 0.6) is 0 Å². The SMILES string of the molecule is N#CC1(C#N)c2ccccc2N(c2cccc(N)c2)c2ccccc21. The molecule has 0 unspecified atom stereocenters. The molecule has 0 bridgehead atoms. The average Bonchev–Trinajstić information content (AvgIpc) is 2.66. The highest BCUT2D eigenvalue weighted by molar-refractivity contribution is 5.88. The summed E-state index contributed by atoms with van der Waals surface area (Å²) in [7, 11) is 0. The van der Waals surface area contributed by atoms with E-state index in [0.29, 0.717) is 16.8 Å². The van der Waals surface area contributed by atoms with Crippen LogP contribution < -0.4 is 10.6 Å². The minimum Gasteiger partial charge on any atom is -0.399 e. The van der Waals surface area contributed by atoms with Gasteiger partial charge in [0, 0.05) is 22.5 Å². The Bertz CT molecular complexity index is 992. The first-order valence-electron chi connectivity index (χ1n) is 7.88. The molecule has 0 aliphatic carbocycles. The normalized spacial score (nSPS) is 13.9. The van der Waals surface area contributed by atoms with Crippen LogP contribution in [0, 0.1) is 22.7 Å². The molecular weight excluding hydrogens is 308 g/mol. The number of nitrogens with two attached hydrogens (primary N) is 1. The Morgan fingerprint density at radius 1 is 0.760 bits per heavy atom. The molecule has 25 heavy (non-hydrogen) atoms. The number of hydrogen-bond donors (Lipinski definition) is 1. The molecule has 0 radical (unpaired) electrons. The van der Waals surface area contributed by atoms with Gasteiger partial charge in [-0.15, -0.1) is 0 Å². The maximum atomic E-state index is 9.92. The maximum Gasteiger partial charge on any atom is 0.197 e. The van der Waals surface area contributed by atoms with Crippen LogP contribution >= 0.6 is 0 Å². The van der Waals surface area contributed by atoms with E-state index >= 15 is 0 Å². The van der Waals surface area contributed by atoms with E-state index in [4.69, 9.17) is 5.73 Å². The quantitative estimate of drug-likeness (QED) is 0.674. The zero-order valence-electron chi connectivity index (χ0n) is 13.3. The number of para-hydroxylation sites is 2. The Morgan fingerprint density at radius 2 is 1.32 bits per heavy atom. The summed E-state index contributed by atoms with van der Waals surface area (Å²) in [5.41, 5.74) is 9.19. The number of hydrogen-bond acceptors (Lipinski definition) is 4. The molecule has 0 amide bonds.